The fourth-order valence-electron chi connectivity index (χ4n) is 1.71. The number of rotatable bonds is 4. The van der Waals surface area contributed by atoms with E-state index >= 15 is 0 Å². The van der Waals surface area contributed by atoms with Crippen molar-refractivity contribution >= 4 is 22.9 Å². The minimum atomic E-state index is -0.0520. The lowest BCUT2D eigenvalue weighted by atomic mass is 10.2. The number of nitrogens with two attached hydrogens (primary N) is 1. The van der Waals surface area contributed by atoms with E-state index in [0.29, 0.717) is 11.6 Å². The molecule has 1 heterocycles. The molecule has 1 aromatic carbocycles. The van der Waals surface area contributed by atoms with Crippen molar-refractivity contribution < 1.29 is 4.74 Å². The zero-order valence-corrected chi connectivity index (χ0v) is 11.9. The summed E-state index contributed by atoms with van der Waals surface area (Å²) in [6.07, 6.45) is 0. The summed E-state index contributed by atoms with van der Waals surface area (Å²) in [5.74, 6) is 0. The molecule has 0 aliphatic carbocycles. The molecule has 1 atom stereocenters. The van der Waals surface area contributed by atoms with E-state index in [2.05, 4.69) is 4.98 Å². The number of methoxy groups -OCH3 is 1. The molecule has 2 rings (SSSR count). The number of benzene rings is 1. The predicted molar refractivity (Wildman–Crippen MR) is 75.9 cm³/mol. The fraction of sp³-hybridized carbons (Fsp3) is 0.308. The van der Waals surface area contributed by atoms with Gasteiger partial charge in [-0.2, -0.15) is 0 Å². The maximum Gasteiger partial charge on any atom is 0.125 e. The van der Waals surface area contributed by atoms with E-state index in [-0.39, 0.29) is 6.04 Å². The third-order valence-corrected chi connectivity index (χ3v) is 4.19. The molecule has 0 fully saturated rings. The van der Waals surface area contributed by atoms with Crippen LogP contribution in [-0.4, -0.2) is 12.1 Å². The van der Waals surface area contributed by atoms with Crippen LogP contribution in [0.15, 0.2) is 24.3 Å². The summed E-state index contributed by atoms with van der Waals surface area (Å²) in [5, 5.41) is 1.59. The number of hydrogen-bond acceptors (Lipinski definition) is 4. The molecule has 0 amide bonds. The van der Waals surface area contributed by atoms with Crippen LogP contribution in [0.3, 0.4) is 0 Å². The first-order valence-electron chi connectivity index (χ1n) is 5.62. The molecule has 0 spiro atoms. The number of ether oxygens (including phenoxy) is 1. The smallest absolute Gasteiger partial charge is 0.125 e. The lowest BCUT2D eigenvalue weighted by molar-refractivity contribution is 0.181. The third kappa shape index (κ3) is 2.72. The standard InChI is InChI=1S/C13H15ClN2OS/c1-8(15)12-11(7-17-2)16-13(18-12)9-5-3-4-6-10(9)14/h3-6,8H,7,15H2,1-2H3. The van der Waals surface area contributed by atoms with Crippen molar-refractivity contribution in [2.24, 2.45) is 5.73 Å². The van der Waals surface area contributed by atoms with Crippen LogP contribution in [0, 0.1) is 0 Å². The minimum absolute atomic E-state index is 0.0520. The molecular weight excluding hydrogens is 268 g/mol. The van der Waals surface area contributed by atoms with Gasteiger partial charge in [0.25, 0.3) is 0 Å². The molecule has 0 radical (unpaired) electrons. The minimum Gasteiger partial charge on any atom is -0.378 e. The van der Waals surface area contributed by atoms with Gasteiger partial charge in [-0.3, -0.25) is 0 Å². The van der Waals surface area contributed by atoms with E-state index in [1.165, 1.54) is 0 Å². The highest BCUT2D eigenvalue weighted by Gasteiger charge is 2.16. The Kier molecular flexibility index (Phi) is 4.35. The van der Waals surface area contributed by atoms with E-state index in [9.17, 15) is 0 Å². The Morgan fingerprint density at radius 1 is 1.44 bits per heavy atom. The molecule has 2 N–H and O–H groups in total. The van der Waals surface area contributed by atoms with Crippen molar-refractivity contribution in [1.82, 2.24) is 4.98 Å². The molecule has 3 nitrogen and oxygen atoms in total. The summed E-state index contributed by atoms with van der Waals surface area (Å²) >= 11 is 7.76. The maximum atomic E-state index is 6.18. The highest BCUT2D eigenvalue weighted by atomic mass is 35.5. The lowest BCUT2D eigenvalue weighted by Crippen LogP contribution is -2.06. The second-order valence-electron chi connectivity index (χ2n) is 4.03. The van der Waals surface area contributed by atoms with Crippen LogP contribution in [0.1, 0.15) is 23.5 Å². The summed E-state index contributed by atoms with van der Waals surface area (Å²) in [5.41, 5.74) is 7.79. The molecule has 0 aliphatic heterocycles. The summed E-state index contributed by atoms with van der Waals surface area (Å²) in [6.45, 7) is 2.42. The van der Waals surface area contributed by atoms with E-state index in [4.69, 9.17) is 22.1 Å². The van der Waals surface area contributed by atoms with Gasteiger partial charge in [-0.05, 0) is 13.0 Å². The average Bonchev–Trinajstić information content (AvgIpc) is 2.74. The Bertz CT molecular complexity index is 540. The first-order valence-corrected chi connectivity index (χ1v) is 6.82. The van der Waals surface area contributed by atoms with Gasteiger partial charge in [0.15, 0.2) is 0 Å². The van der Waals surface area contributed by atoms with Gasteiger partial charge in [0.2, 0.25) is 0 Å². The van der Waals surface area contributed by atoms with E-state index < -0.39 is 0 Å². The Morgan fingerprint density at radius 2 is 2.17 bits per heavy atom. The maximum absolute atomic E-state index is 6.18. The van der Waals surface area contributed by atoms with Crippen LogP contribution in [0.5, 0.6) is 0 Å². The first-order chi connectivity index (χ1) is 8.63. The Labute approximate surface area is 116 Å². The summed E-state index contributed by atoms with van der Waals surface area (Å²) in [4.78, 5) is 5.63. The fourth-order valence-corrected chi connectivity index (χ4v) is 3.05. The predicted octanol–water partition coefficient (Wildman–Crippen LogP) is 3.63. The van der Waals surface area contributed by atoms with Gasteiger partial charge in [0.1, 0.15) is 5.01 Å². The van der Waals surface area contributed by atoms with Crippen molar-refractivity contribution in [3.63, 3.8) is 0 Å². The molecular formula is C13H15ClN2OS. The lowest BCUT2D eigenvalue weighted by Gasteiger charge is -2.03. The Balaban J connectivity index is 2.47. The van der Waals surface area contributed by atoms with Crippen LogP contribution in [0.25, 0.3) is 10.6 Å². The summed E-state index contributed by atoms with van der Waals surface area (Å²) < 4.78 is 5.15. The molecule has 1 unspecified atom stereocenters. The van der Waals surface area contributed by atoms with Crippen molar-refractivity contribution in [3.8, 4) is 10.6 Å². The second kappa shape index (κ2) is 5.80. The van der Waals surface area contributed by atoms with Crippen LogP contribution >= 0.6 is 22.9 Å². The quantitative estimate of drug-likeness (QED) is 0.931. The second-order valence-corrected chi connectivity index (χ2v) is 5.47. The zero-order chi connectivity index (χ0) is 13.1. The highest BCUT2D eigenvalue weighted by Crippen LogP contribution is 2.35. The van der Waals surface area contributed by atoms with Crippen LogP contribution in [-0.2, 0) is 11.3 Å². The van der Waals surface area contributed by atoms with Gasteiger partial charge in [-0.25, -0.2) is 4.98 Å². The summed E-state index contributed by atoms with van der Waals surface area (Å²) in [6, 6.07) is 7.62. The molecule has 0 aliphatic rings. The molecule has 18 heavy (non-hydrogen) atoms. The monoisotopic (exact) mass is 282 g/mol. The van der Waals surface area contributed by atoms with Gasteiger partial charge in [0, 0.05) is 23.6 Å². The number of thiazole rings is 1. The topological polar surface area (TPSA) is 48.1 Å². The highest BCUT2D eigenvalue weighted by molar-refractivity contribution is 7.15. The SMILES string of the molecule is COCc1nc(-c2ccccc2Cl)sc1C(C)N. The third-order valence-electron chi connectivity index (χ3n) is 2.53. The van der Waals surface area contributed by atoms with Crippen LogP contribution in [0.4, 0.5) is 0 Å². The van der Waals surface area contributed by atoms with Gasteiger partial charge in [-0.15, -0.1) is 11.3 Å². The van der Waals surface area contributed by atoms with Crippen LogP contribution in [0.2, 0.25) is 5.02 Å². The number of halogens is 1. The number of aromatic nitrogens is 1. The van der Waals surface area contributed by atoms with Crippen molar-refractivity contribution in [3.05, 3.63) is 39.9 Å². The van der Waals surface area contributed by atoms with Crippen molar-refractivity contribution in [2.75, 3.05) is 7.11 Å². The molecule has 5 heteroatoms. The molecule has 0 saturated carbocycles. The molecule has 0 saturated heterocycles. The van der Waals surface area contributed by atoms with E-state index in [1.54, 1.807) is 18.4 Å². The van der Waals surface area contributed by atoms with Crippen LogP contribution < -0.4 is 5.73 Å². The van der Waals surface area contributed by atoms with Crippen molar-refractivity contribution in [2.45, 2.75) is 19.6 Å². The molecule has 96 valence electrons. The molecule has 0 bridgehead atoms. The zero-order valence-electron chi connectivity index (χ0n) is 10.3. The normalized spacial score (nSPS) is 12.7. The number of hydrogen-bond donors (Lipinski definition) is 1. The summed E-state index contributed by atoms with van der Waals surface area (Å²) in [7, 11) is 1.65. The van der Waals surface area contributed by atoms with E-state index in [1.807, 2.05) is 31.2 Å². The van der Waals surface area contributed by atoms with E-state index in [0.717, 1.165) is 21.1 Å². The Morgan fingerprint density at radius 3 is 2.78 bits per heavy atom. The molecule has 2 aromatic rings. The largest absolute Gasteiger partial charge is 0.378 e. The Hall–Kier alpha value is -0.940. The van der Waals surface area contributed by atoms with Gasteiger partial charge in [-0.1, -0.05) is 29.8 Å². The van der Waals surface area contributed by atoms with Gasteiger partial charge >= 0.3 is 0 Å². The number of nitrogens with zero attached hydrogens (tertiary/aromatic N) is 1. The molecule has 1 aromatic heterocycles. The average molecular weight is 283 g/mol. The van der Waals surface area contributed by atoms with Crippen molar-refractivity contribution in [1.29, 1.82) is 0 Å². The first kappa shape index (κ1) is 13.5. The van der Waals surface area contributed by atoms with Gasteiger partial charge < -0.3 is 10.5 Å². The van der Waals surface area contributed by atoms with Gasteiger partial charge in [0.05, 0.1) is 17.3 Å².